The number of hydrogen-bond donors (Lipinski definition) is 28. The Morgan fingerprint density at radius 1 is 0.455 bits per heavy atom. The summed E-state index contributed by atoms with van der Waals surface area (Å²) in [6.07, 6.45) is -7.23. The van der Waals surface area contributed by atoms with Crippen molar-refractivity contribution in [1.82, 2.24) is 84.7 Å². The molecule has 3 rings (SSSR count). The van der Waals surface area contributed by atoms with E-state index in [1.165, 1.54) is 24.3 Å². The molecular weight excluding hydrogens is 1600 g/mol. The highest BCUT2D eigenvalue weighted by molar-refractivity contribution is 6.02. The Morgan fingerprint density at radius 2 is 0.876 bits per heavy atom. The molecule has 2 aromatic rings. The summed E-state index contributed by atoms with van der Waals surface area (Å²) in [5.74, 6) is -23.6. The van der Waals surface area contributed by atoms with Gasteiger partial charge in [-0.15, -0.1) is 0 Å². The van der Waals surface area contributed by atoms with E-state index in [-0.39, 0.29) is 83.2 Å². The van der Waals surface area contributed by atoms with Gasteiger partial charge in [0, 0.05) is 38.9 Å². The number of carboxylic acid groups (broad SMARTS) is 3. The fraction of sp³-hybridized carbons (Fsp3) is 0.568. The zero-order valence-corrected chi connectivity index (χ0v) is 67.8. The smallest absolute Gasteiger partial charge is 0.328 e. The number of benzene rings is 2. The van der Waals surface area contributed by atoms with Crippen LogP contribution < -0.4 is 103 Å². The van der Waals surface area contributed by atoms with Gasteiger partial charge in [-0.1, -0.05) is 70.2 Å². The molecule has 47 nitrogen and oxygen atoms in total. The van der Waals surface area contributed by atoms with Crippen LogP contribution in [0.2, 0.25) is 0 Å². The van der Waals surface area contributed by atoms with Crippen molar-refractivity contribution in [2.45, 2.75) is 222 Å². The number of carbonyl (C=O) groups is 18. The van der Waals surface area contributed by atoms with Crippen LogP contribution in [0.15, 0.2) is 54.6 Å². The minimum Gasteiger partial charge on any atom is -0.508 e. The van der Waals surface area contributed by atoms with Crippen LogP contribution in [-0.2, 0) is 99.1 Å². The minimum absolute atomic E-state index is 0.0221. The third-order valence-electron chi connectivity index (χ3n) is 18.7. The molecule has 1 saturated heterocycles. The van der Waals surface area contributed by atoms with Gasteiger partial charge in [0.25, 0.3) is 0 Å². The molecule has 32 N–H and O–H groups in total. The second-order valence-corrected chi connectivity index (χ2v) is 29.4. The molecule has 1 fully saturated rings. The lowest BCUT2D eigenvalue weighted by molar-refractivity contribution is -0.145. The van der Waals surface area contributed by atoms with Gasteiger partial charge in [-0.3, -0.25) is 92.3 Å². The number of guanidine groups is 2. The van der Waals surface area contributed by atoms with E-state index in [1.54, 1.807) is 58.0 Å². The van der Waals surface area contributed by atoms with Gasteiger partial charge in [-0.2, -0.15) is 0 Å². The summed E-state index contributed by atoms with van der Waals surface area (Å²) < 4.78 is 0. The zero-order valence-electron chi connectivity index (χ0n) is 67.8. The van der Waals surface area contributed by atoms with Crippen molar-refractivity contribution >= 4 is 118 Å². The van der Waals surface area contributed by atoms with E-state index in [0.717, 1.165) is 25.7 Å². The molecule has 0 aromatic heterocycles. The van der Waals surface area contributed by atoms with Crippen molar-refractivity contribution in [3.63, 3.8) is 0 Å². The number of hydrogen-bond acceptors (Lipinski definition) is 25. The van der Waals surface area contributed by atoms with Crippen molar-refractivity contribution in [1.29, 1.82) is 10.8 Å². The van der Waals surface area contributed by atoms with Gasteiger partial charge in [0.05, 0.1) is 44.2 Å². The van der Waals surface area contributed by atoms with Crippen molar-refractivity contribution in [2.24, 2.45) is 34.8 Å². The Morgan fingerprint density at radius 3 is 1.36 bits per heavy atom. The normalized spacial score (nSPS) is 16.0. The fourth-order valence-electron chi connectivity index (χ4n) is 12.0. The van der Waals surface area contributed by atoms with Crippen LogP contribution in [0.1, 0.15) is 124 Å². The first-order chi connectivity index (χ1) is 56.7. The predicted octanol–water partition coefficient (Wildman–Crippen LogP) is -9.66. The third-order valence-corrected chi connectivity index (χ3v) is 18.7. The van der Waals surface area contributed by atoms with Crippen molar-refractivity contribution in [3.8, 4) is 5.75 Å². The topological polar surface area (TPSA) is 784 Å². The second kappa shape index (κ2) is 50.8. The molecule has 1 heterocycles. The van der Waals surface area contributed by atoms with Crippen LogP contribution in [0.5, 0.6) is 5.75 Å². The molecule has 670 valence electrons. The van der Waals surface area contributed by atoms with E-state index >= 15 is 0 Å². The van der Waals surface area contributed by atoms with E-state index in [4.69, 9.17) is 38.9 Å². The minimum atomic E-state index is -2.19. The van der Waals surface area contributed by atoms with Gasteiger partial charge in [0.1, 0.15) is 78.3 Å². The van der Waals surface area contributed by atoms with Crippen LogP contribution >= 0.6 is 0 Å². The average Bonchev–Trinajstić information content (AvgIpc) is 1.82. The Kier molecular flexibility index (Phi) is 42.9. The largest absolute Gasteiger partial charge is 0.508 e. The SMILES string of the molecule is CC(C)[C@H](NC(=O)[C@@H](NC(=O)[C@@H](N)CCC(=O)O)C(C)C)C(=O)N[C@@H](Cc1ccccc1)C(=O)N[C@H](C(=O)N[C@@H](C)C(=O)N[C@@H](CC(N)=O)C(=O)N[C@@H](CC(=O)O)C(=O)N[C@@H](CO)C(=O)NCC(=O)N1CCC[C@H]1C(=O)N[C@@H](CCCNC(=N)N)C(=O)N[C@@H](CCCNC(=N)N)C(=O)N[C@@H](Cc1ccc(O)cc1)C(=O)N[C@H](C(=O)O)[C@@H](C)O)[C@@H](C)O. The molecule has 2 aromatic carbocycles. The second-order valence-electron chi connectivity index (χ2n) is 29.4. The molecule has 1 aliphatic heterocycles. The maximum atomic E-state index is 14.4. The Balaban J connectivity index is 1.80. The molecule has 16 atom stereocenters. The third kappa shape index (κ3) is 36.1. The van der Waals surface area contributed by atoms with Gasteiger partial charge in [0.15, 0.2) is 18.0 Å². The molecule has 0 aliphatic carbocycles. The van der Waals surface area contributed by atoms with Gasteiger partial charge in [-0.25, -0.2) is 4.79 Å². The number of amides is 15. The number of nitrogens with zero attached hydrogens (tertiary/aromatic N) is 1. The number of aliphatic hydroxyl groups is 3. The molecule has 0 saturated carbocycles. The number of aliphatic hydroxyl groups excluding tert-OH is 3. The number of likely N-dealkylation sites (tertiary alicyclic amines) is 1. The lowest BCUT2D eigenvalue weighted by Gasteiger charge is -2.30. The zero-order chi connectivity index (χ0) is 91.2. The van der Waals surface area contributed by atoms with Gasteiger partial charge in [-0.05, 0) is 101 Å². The lowest BCUT2D eigenvalue weighted by Crippen LogP contribution is -2.62. The summed E-state index contributed by atoms with van der Waals surface area (Å²) in [7, 11) is 0. The summed E-state index contributed by atoms with van der Waals surface area (Å²) in [5.41, 5.74) is 23.0. The number of carboxylic acids is 3. The number of phenols is 1. The molecule has 1 aliphatic rings. The predicted molar refractivity (Wildman–Crippen MR) is 426 cm³/mol. The van der Waals surface area contributed by atoms with Crippen molar-refractivity contribution in [3.05, 3.63) is 65.7 Å². The Labute approximate surface area is 694 Å². The van der Waals surface area contributed by atoms with E-state index < -0.39 is 259 Å². The van der Waals surface area contributed by atoms with Crippen LogP contribution in [0.4, 0.5) is 0 Å². The molecule has 0 unspecified atom stereocenters. The molecule has 47 heteroatoms. The fourth-order valence-corrected chi connectivity index (χ4v) is 12.0. The van der Waals surface area contributed by atoms with Crippen LogP contribution in [0.25, 0.3) is 0 Å². The summed E-state index contributed by atoms with van der Waals surface area (Å²) in [6.45, 7) is 7.16. The van der Waals surface area contributed by atoms with Gasteiger partial charge < -0.3 is 143 Å². The molecule has 0 radical (unpaired) electrons. The number of aliphatic carboxylic acids is 3. The summed E-state index contributed by atoms with van der Waals surface area (Å²) in [4.78, 5) is 243. The average molecular weight is 1710 g/mol. The number of nitrogens with one attached hydrogen (secondary N) is 17. The molecule has 15 amide bonds. The number of phenolic OH excluding ortho intramolecular Hbond substituents is 1. The maximum Gasteiger partial charge on any atom is 0.328 e. The van der Waals surface area contributed by atoms with E-state index in [0.29, 0.717) is 11.1 Å². The first-order valence-electron chi connectivity index (χ1n) is 38.6. The highest BCUT2D eigenvalue weighted by atomic mass is 16.4. The summed E-state index contributed by atoms with van der Waals surface area (Å²) in [6, 6.07) is -9.92. The quantitative estimate of drug-likeness (QED) is 0.0166. The van der Waals surface area contributed by atoms with Crippen molar-refractivity contribution < 1.29 is 122 Å². The number of aromatic hydroxyl groups is 1. The summed E-state index contributed by atoms with van der Waals surface area (Å²) in [5, 5.41) is 120. The number of nitrogens with two attached hydrogens (primary N) is 4. The van der Waals surface area contributed by atoms with Gasteiger partial charge in [0.2, 0.25) is 88.6 Å². The first kappa shape index (κ1) is 102. The Hall–Kier alpha value is -12.9. The molecule has 0 bridgehead atoms. The standard InChI is InChI=1S/C74H114N22O25/c1-34(2)55(93-70(118)56(35(3)4)92-60(108)42(75)23-24-53(103)104)69(117)90-46(28-39-14-9-8-10-15-39)66(114)94-57(37(6)98)71(119)84-36(5)59(107)87-47(30-51(76)101)64(112)89-48(31-54(105)106)65(113)91-49(33-97)61(109)83-32-52(102)96-27-13-18-50(96)68(116)86-44(17-12-26-82-74(79)80)62(110)85-43(16-11-25-81-73(77)78)63(111)88-45(29-40-19-21-41(100)22-20-40)67(115)95-58(38(7)99)72(120)121/h8-10,14-15,19-22,34-38,42-50,55-58,97-100H,11-13,16-18,23-33,75H2,1-7H3,(H2,76,101)(H,83,109)(H,84,119)(H,85,110)(H,86,116)(H,87,107)(H,88,111)(H,89,112)(H,90,117)(H,91,113)(H,92,108)(H,93,118)(H,94,114)(H,95,115)(H,103,104)(H,105,106)(H,120,121)(H4,77,78,81)(H4,79,80,82)/t36-,37+,38+,42-,43-,44-,45-,46-,47-,48-,49-,50-,55-,56-,57-,58-/m0/s1. The Bertz CT molecular complexity index is 3990. The molecule has 121 heavy (non-hydrogen) atoms. The van der Waals surface area contributed by atoms with Crippen LogP contribution in [-0.4, -0.2) is 289 Å². The highest BCUT2D eigenvalue weighted by Gasteiger charge is 2.41. The lowest BCUT2D eigenvalue weighted by atomic mass is 9.98. The van der Waals surface area contributed by atoms with Crippen molar-refractivity contribution in [2.75, 3.05) is 32.8 Å². The van der Waals surface area contributed by atoms with Crippen LogP contribution in [0.3, 0.4) is 0 Å². The maximum absolute atomic E-state index is 14.4. The summed E-state index contributed by atoms with van der Waals surface area (Å²) >= 11 is 0. The molecular formula is C74H114N22O25. The number of rotatable bonds is 52. The van der Waals surface area contributed by atoms with Crippen LogP contribution in [0, 0.1) is 22.7 Å². The monoisotopic (exact) mass is 1710 g/mol. The van der Waals surface area contributed by atoms with Gasteiger partial charge >= 0.3 is 17.9 Å². The number of carbonyl (C=O) groups excluding carboxylic acids is 15. The van der Waals surface area contributed by atoms with E-state index in [2.05, 4.69) is 69.1 Å². The first-order valence-corrected chi connectivity index (χ1v) is 38.6. The highest BCUT2D eigenvalue weighted by Crippen LogP contribution is 2.20. The number of primary amides is 1. The van der Waals surface area contributed by atoms with E-state index in [9.17, 15) is 117 Å². The van der Waals surface area contributed by atoms with E-state index in [1.807, 2.05) is 10.6 Å². The molecule has 0 spiro atoms.